The van der Waals surface area contributed by atoms with Crippen LogP contribution in [0.3, 0.4) is 0 Å². The highest BCUT2D eigenvalue weighted by Crippen LogP contribution is 2.36. The molecule has 4 heteroatoms. The predicted octanol–water partition coefficient (Wildman–Crippen LogP) is 1.85. The number of hydrogen-bond acceptors (Lipinski definition) is 3. The fourth-order valence-electron chi connectivity index (χ4n) is 3.57. The highest BCUT2D eigenvalue weighted by molar-refractivity contribution is 5.94. The van der Waals surface area contributed by atoms with Crippen LogP contribution in [-0.2, 0) is 0 Å². The molecule has 0 bridgehead atoms. The molecule has 2 aliphatic rings. The third-order valence-electron chi connectivity index (χ3n) is 4.51. The topological polar surface area (TPSA) is 53.4 Å². The van der Waals surface area contributed by atoms with Crippen molar-refractivity contribution in [1.82, 2.24) is 9.88 Å². The molecule has 19 heavy (non-hydrogen) atoms. The summed E-state index contributed by atoms with van der Waals surface area (Å²) in [6.07, 6.45) is 8.18. The summed E-state index contributed by atoms with van der Waals surface area (Å²) in [6, 6.07) is 3.75. The summed E-state index contributed by atoms with van der Waals surface area (Å²) < 4.78 is 0. The maximum atomic E-state index is 12.5. The molecule has 102 valence electrons. The second-order valence-electron chi connectivity index (χ2n) is 5.61. The van der Waals surface area contributed by atoms with Crippen LogP contribution in [0.1, 0.15) is 42.5 Å². The lowest BCUT2D eigenvalue weighted by molar-refractivity contribution is 0.0528. The number of amides is 1. The predicted molar refractivity (Wildman–Crippen MR) is 71.6 cm³/mol. The summed E-state index contributed by atoms with van der Waals surface area (Å²) in [4.78, 5) is 18.5. The first-order valence-electron chi connectivity index (χ1n) is 7.16. The van der Waals surface area contributed by atoms with Gasteiger partial charge in [0.2, 0.25) is 0 Å². The van der Waals surface area contributed by atoms with Crippen LogP contribution < -0.4 is 0 Å². The lowest BCUT2D eigenvalue weighted by Gasteiger charge is -2.31. The van der Waals surface area contributed by atoms with E-state index in [9.17, 15) is 9.90 Å². The number of rotatable bonds is 2. The van der Waals surface area contributed by atoms with Crippen molar-refractivity contribution < 1.29 is 9.90 Å². The molecule has 2 heterocycles. The fourth-order valence-corrected chi connectivity index (χ4v) is 3.57. The number of aromatic nitrogens is 1. The quantitative estimate of drug-likeness (QED) is 0.883. The van der Waals surface area contributed by atoms with Gasteiger partial charge in [-0.25, -0.2) is 0 Å². The molecule has 1 amide bonds. The summed E-state index contributed by atoms with van der Waals surface area (Å²) in [7, 11) is 0. The Labute approximate surface area is 113 Å². The molecule has 1 aliphatic heterocycles. The van der Waals surface area contributed by atoms with Crippen molar-refractivity contribution in [2.24, 2.45) is 5.92 Å². The van der Waals surface area contributed by atoms with E-state index in [1.807, 2.05) is 4.90 Å². The Morgan fingerprint density at radius 3 is 2.68 bits per heavy atom. The first-order chi connectivity index (χ1) is 9.27. The summed E-state index contributed by atoms with van der Waals surface area (Å²) in [6.45, 7) is 0.815. The molecular formula is C15H20N2O2. The van der Waals surface area contributed by atoms with Gasteiger partial charge in [0.1, 0.15) is 0 Å². The van der Waals surface area contributed by atoms with Gasteiger partial charge >= 0.3 is 0 Å². The average molecular weight is 260 g/mol. The lowest BCUT2D eigenvalue weighted by Crippen LogP contribution is -2.42. The summed E-state index contributed by atoms with van der Waals surface area (Å²) >= 11 is 0. The molecule has 3 atom stereocenters. The van der Waals surface area contributed by atoms with E-state index in [1.165, 1.54) is 0 Å². The molecule has 1 N–H and O–H groups in total. The second-order valence-corrected chi connectivity index (χ2v) is 5.61. The van der Waals surface area contributed by atoms with Gasteiger partial charge in [-0.05, 0) is 37.8 Å². The number of carbonyl (C=O) groups is 1. The van der Waals surface area contributed by atoms with E-state index in [2.05, 4.69) is 4.98 Å². The molecule has 3 unspecified atom stereocenters. The normalized spacial score (nSPS) is 30.8. The number of carbonyl (C=O) groups excluding carboxylic acids is 1. The molecular weight excluding hydrogens is 240 g/mol. The Morgan fingerprint density at radius 2 is 2.00 bits per heavy atom. The van der Waals surface area contributed by atoms with Crippen molar-refractivity contribution in [3.63, 3.8) is 0 Å². The van der Waals surface area contributed by atoms with Gasteiger partial charge in [0.15, 0.2) is 0 Å². The van der Waals surface area contributed by atoms with Crippen molar-refractivity contribution in [2.45, 2.75) is 44.2 Å². The van der Waals surface area contributed by atoms with Crippen molar-refractivity contribution >= 4 is 5.91 Å². The van der Waals surface area contributed by atoms with E-state index in [1.54, 1.807) is 24.5 Å². The molecule has 0 radical (unpaired) electrons. The Balaban J connectivity index is 1.78. The van der Waals surface area contributed by atoms with Crippen molar-refractivity contribution in [1.29, 1.82) is 0 Å². The number of hydrogen-bond donors (Lipinski definition) is 1. The summed E-state index contributed by atoms with van der Waals surface area (Å²) in [5.41, 5.74) is 0.703. The first-order valence-corrected chi connectivity index (χ1v) is 7.16. The van der Waals surface area contributed by atoms with Crippen LogP contribution in [0.15, 0.2) is 24.5 Å². The largest absolute Gasteiger partial charge is 0.393 e. The van der Waals surface area contributed by atoms with Crippen molar-refractivity contribution in [2.75, 3.05) is 6.54 Å². The van der Waals surface area contributed by atoms with E-state index in [-0.39, 0.29) is 24.0 Å². The Kier molecular flexibility index (Phi) is 3.51. The lowest BCUT2D eigenvalue weighted by atomic mass is 9.93. The van der Waals surface area contributed by atoms with Gasteiger partial charge in [-0.15, -0.1) is 0 Å². The molecule has 0 aromatic carbocycles. The van der Waals surface area contributed by atoms with E-state index in [0.29, 0.717) is 5.56 Å². The van der Waals surface area contributed by atoms with E-state index >= 15 is 0 Å². The van der Waals surface area contributed by atoms with Gasteiger partial charge in [0.05, 0.1) is 6.10 Å². The third-order valence-corrected chi connectivity index (χ3v) is 4.51. The van der Waals surface area contributed by atoms with Crippen LogP contribution in [0.2, 0.25) is 0 Å². The summed E-state index contributed by atoms with van der Waals surface area (Å²) in [5.74, 6) is 0.359. The standard InChI is InChI=1S/C15H20N2O2/c18-14-5-1-3-12(14)13-4-2-10-17(13)15(19)11-6-8-16-9-7-11/h6-9,12-14,18H,1-5,10H2. The van der Waals surface area contributed by atoms with E-state index in [4.69, 9.17) is 0 Å². The summed E-state index contributed by atoms with van der Waals surface area (Å²) in [5, 5.41) is 10.1. The maximum Gasteiger partial charge on any atom is 0.254 e. The fraction of sp³-hybridized carbons (Fsp3) is 0.600. The van der Waals surface area contributed by atoms with Gasteiger partial charge in [0, 0.05) is 36.5 Å². The monoisotopic (exact) mass is 260 g/mol. The average Bonchev–Trinajstić information content (AvgIpc) is 3.07. The minimum atomic E-state index is -0.226. The van der Waals surface area contributed by atoms with Gasteiger partial charge in [-0.3, -0.25) is 9.78 Å². The Bertz CT molecular complexity index is 449. The van der Waals surface area contributed by atoms with Gasteiger partial charge in [0.25, 0.3) is 5.91 Å². The molecule has 1 aliphatic carbocycles. The molecule has 4 nitrogen and oxygen atoms in total. The molecule has 2 fully saturated rings. The van der Waals surface area contributed by atoms with Crippen LogP contribution >= 0.6 is 0 Å². The highest BCUT2D eigenvalue weighted by Gasteiger charge is 2.40. The van der Waals surface area contributed by atoms with Crippen LogP contribution in [0.4, 0.5) is 0 Å². The number of likely N-dealkylation sites (tertiary alicyclic amines) is 1. The molecule has 1 aromatic rings. The molecule has 1 saturated carbocycles. The Morgan fingerprint density at radius 1 is 1.21 bits per heavy atom. The van der Waals surface area contributed by atoms with Gasteiger partial charge < -0.3 is 10.0 Å². The minimum Gasteiger partial charge on any atom is -0.393 e. The number of pyridine rings is 1. The zero-order valence-electron chi connectivity index (χ0n) is 11.0. The van der Waals surface area contributed by atoms with Crippen molar-refractivity contribution in [3.05, 3.63) is 30.1 Å². The van der Waals surface area contributed by atoms with Crippen molar-refractivity contribution in [3.8, 4) is 0 Å². The van der Waals surface area contributed by atoms with Crippen LogP contribution in [-0.4, -0.2) is 39.6 Å². The SMILES string of the molecule is O=C(c1ccncc1)N1CCCC1C1CCCC1O. The van der Waals surface area contributed by atoms with E-state index in [0.717, 1.165) is 38.6 Å². The maximum absolute atomic E-state index is 12.5. The number of aliphatic hydroxyl groups excluding tert-OH is 1. The molecule has 3 rings (SSSR count). The van der Waals surface area contributed by atoms with Crippen LogP contribution in [0.5, 0.6) is 0 Å². The van der Waals surface area contributed by atoms with Gasteiger partial charge in [-0.2, -0.15) is 0 Å². The highest BCUT2D eigenvalue weighted by atomic mass is 16.3. The second kappa shape index (κ2) is 5.29. The smallest absolute Gasteiger partial charge is 0.254 e. The zero-order valence-corrected chi connectivity index (χ0v) is 11.0. The first kappa shape index (κ1) is 12.6. The van der Waals surface area contributed by atoms with E-state index < -0.39 is 0 Å². The minimum absolute atomic E-state index is 0.0870. The molecule has 1 aromatic heterocycles. The van der Waals surface area contributed by atoms with Crippen LogP contribution in [0, 0.1) is 5.92 Å². The number of nitrogens with zero attached hydrogens (tertiary/aromatic N) is 2. The molecule has 1 saturated heterocycles. The van der Waals surface area contributed by atoms with Gasteiger partial charge in [-0.1, -0.05) is 6.42 Å². The third kappa shape index (κ3) is 2.37. The molecule has 0 spiro atoms. The van der Waals surface area contributed by atoms with Crippen LogP contribution in [0.25, 0.3) is 0 Å². The Hall–Kier alpha value is -1.42. The number of aliphatic hydroxyl groups is 1. The zero-order chi connectivity index (χ0) is 13.2.